The van der Waals surface area contributed by atoms with Gasteiger partial charge in [0.1, 0.15) is 16.5 Å². The van der Waals surface area contributed by atoms with Crippen LogP contribution < -0.4 is 10.5 Å². The van der Waals surface area contributed by atoms with Crippen molar-refractivity contribution in [2.75, 3.05) is 6.54 Å². The third kappa shape index (κ3) is 3.97. The predicted molar refractivity (Wildman–Crippen MR) is 69.5 cm³/mol. The molecule has 8 heteroatoms. The lowest BCUT2D eigenvalue weighted by molar-refractivity contribution is 0.0943. The zero-order valence-corrected chi connectivity index (χ0v) is 11.9. The van der Waals surface area contributed by atoms with Gasteiger partial charge < -0.3 is 5.32 Å². The molecule has 1 rings (SSSR count). The Labute approximate surface area is 116 Å². The summed E-state index contributed by atoms with van der Waals surface area (Å²) in [6, 6.07) is 0.934. The lowest BCUT2D eigenvalue weighted by Crippen LogP contribution is -2.29. The van der Waals surface area contributed by atoms with Crippen molar-refractivity contribution in [2.24, 2.45) is 11.1 Å². The Morgan fingerprint density at radius 3 is 2.45 bits per heavy atom. The van der Waals surface area contributed by atoms with Gasteiger partial charge in [0.25, 0.3) is 5.91 Å². The Morgan fingerprint density at radius 2 is 1.95 bits per heavy atom. The van der Waals surface area contributed by atoms with Gasteiger partial charge in [-0.3, -0.25) is 4.79 Å². The molecule has 0 fully saturated rings. The Morgan fingerprint density at radius 1 is 1.35 bits per heavy atom. The largest absolute Gasteiger partial charge is 0.352 e. The highest BCUT2D eigenvalue weighted by atomic mass is 32.2. The lowest BCUT2D eigenvalue weighted by atomic mass is 10.1. The van der Waals surface area contributed by atoms with E-state index in [4.69, 9.17) is 5.14 Å². The average molecular weight is 306 g/mol. The number of carbonyl (C=O) groups is 1. The molecule has 1 amide bonds. The number of carbonyl (C=O) groups excluding carboxylic acids is 1. The van der Waals surface area contributed by atoms with Crippen molar-refractivity contribution in [3.05, 3.63) is 29.3 Å². The van der Waals surface area contributed by atoms with Gasteiger partial charge in [-0.25, -0.2) is 22.3 Å². The summed E-state index contributed by atoms with van der Waals surface area (Å²) in [7, 11) is -4.36. The number of hydrogen-bond acceptors (Lipinski definition) is 3. The van der Waals surface area contributed by atoms with E-state index in [2.05, 4.69) is 5.32 Å². The Kier molecular flexibility index (Phi) is 5.18. The summed E-state index contributed by atoms with van der Waals surface area (Å²) in [6.07, 6.45) is 0.814. The van der Waals surface area contributed by atoms with Crippen LogP contribution in [-0.4, -0.2) is 20.9 Å². The van der Waals surface area contributed by atoms with Gasteiger partial charge in [-0.2, -0.15) is 0 Å². The highest BCUT2D eigenvalue weighted by Crippen LogP contribution is 2.18. The number of amides is 1. The first-order chi connectivity index (χ1) is 9.16. The Balaban J connectivity index is 3.10. The molecule has 3 N–H and O–H groups in total. The van der Waals surface area contributed by atoms with Crippen LogP contribution in [0.1, 0.15) is 30.6 Å². The first kappa shape index (κ1) is 16.5. The SMILES string of the molecule is CCC(C)CNC(=O)c1cc(S(N)(=O)=O)c(F)cc1F. The second-order valence-electron chi connectivity index (χ2n) is 4.53. The smallest absolute Gasteiger partial charge is 0.254 e. The number of nitrogens with one attached hydrogen (secondary N) is 1. The fraction of sp³-hybridized carbons (Fsp3) is 0.417. The molecule has 0 aliphatic rings. The molecule has 0 heterocycles. The van der Waals surface area contributed by atoms with E-state index in [9.17, 15) is 22.0 Å². The molecule has 0 aliphatic carbocycles. The van der Waals surface area contributed by atoms with E-state index in [1.807, 2.05) is 13.8 Å². The third-order valence-electron chi connectivity index (χ3n) is 2.88. The monoisotopic (exact) mass is 306 g/mol. The molecule has 0 spiro atoms. The van der Waals surface area contributed by atoms with Gasteiger partial charge in [0.15, 0.2) is 0 Å². The normalized spacial score (nSPS) is 13.1. The van der Waals surface area contributed by atoms with Crippen molar-refractivity contribution in [3.8, 4) is 0 Å². The quantitative estimate of drug-likeness (QED) is 0.861. The lowest BCUT2D eigenvalue weighted by Gasteiger charge is -2.11. The fourth-order valence-corrected chi connectivity index (χ4v) is 2.04. The molecule has 1 aromatic rings. The standard InChI is InChI=1S/C12H16F2N2O3S/c1-3-7(2)6-16-12(17)8-4-11(20(15,18)19)10(14)5-9(8)13/h4-5,7H,3,6H2,1-2H3,(H,16,17)(H2,15,18,19). The zero-order valence-electron chi connectivity index (χ0n) is 11.1. The van der Waals surface area contributed by atoms with Crippen LogP contribution in [0.5, 0.6) is 0 Å². The summed E-state index contributed by atoms with van der Waals surface area (Å²) in [5.41, 5.74) is -0.557. The number of nitrogens with two attached hydrogens (primary N) is 1. The highest BCUT2D eigenvalue weighted by molar-refractivity contribution is 7.89. The van der Waals surface area contributed by atoms with Crippen LogP contribution in [0.15, 0.2) is 17.0 Å². The van der Waals surface area contributed by atoms with Crippen molar-refractivity contribution in [1.29, 1.82) is 0 Å². The van der Waals surface area contributed by atoms with Gasteiger partial charge in [-0.1, -0.05) is 20.3 Å². The predicted octanol–water partition coefficient (Wildman–Crippen LogP) is 1.39. The minimum atomic E-state index is -4.36. The van der Waals surface area contributed by atoms with Gasteiger partial charge in [0.2, 0.25) is 10.0 Å². The number of rotatable bonds is 5. The summed E-state index contributed by atoms with van der Waals surface area (Å²) in [5.74, 6) is -3.10. The molecule has 0 aromatic heterocycles. The van der Waals surface area contributed by atoms with Gasteiger partial charge in [0, 0.05) is 12.6 Å². The van der Waals surface area contributed by atoms with Crippen LogP contribution in [0.25, 0.3) is 0 Å². The van der Waals surface area contributed by atoms with E-state index >= 15 is 0 Å². The van der Waals surface area contributed by atoms with E-state index in [-0.39, 0.29) is 5.92 Å². The van der Waals surface area contributed by atoms with Crippen LogP contribution in [-0.2, 0) is 10.0 Å². The number of primary sulfonamides is 1. The third-order valence-corrected chi connectivity index (χ3v) is 3.81. The molecule has 0 saturated carbocycles. The molecule has 0 bridgehead atoms. The minimum Gasteiger partial charge on any atom is -0.352 e. The summed E-state index contributed by atoms with van der Waals surface area (Å²) in [6.45, 7) is 4.11. The summed E-state index contributed by atoms with van der Waals surface area (Å²) >= 11 is 0. The van der Waals surface area contributed by atoms with Crippen LogP contribution in [0.2, 0.25) is 0 Å². The van der Waals surface area contributed by atoms with Gasteiger partial charge in [-0.15, -0.1) is 0 Å². The van der Waals surface area contributed by atoms with Gasteiger partial charge >= 0.3 is 0 Å². The van der Waals surface area contributed by atoms with Crippen LogP contribution >= 0.6 is 0 Å². The molecular weight excluding hydrogens is 290 g/mol. The maximum atomic E-state index is 13.5. The van der Waals surface area contributed by atoms with E-state index in [0.29, 0.717) is 18.7 Å². The topological polar surface area (TPSA) is 89.3 Å². The van der Waals surface area contributed by atoms with Gasteiger partial charge in [-0.05, 0) is 12.0 Å². The molecule has 5 nitrogen and oxygen atoms in total. The van der Waals surface area contributed by atoms with E-state index in [0.717, 1.165) is 6.42 Å². The van der Waals surface area contributed by atoms with Crippen LogP contribution in [0, 0.1) is 17.6 Å². The van der Waals surface area contributed by atoms with E-state index in [1.54, 1.807) is 0 Å². The Hall–Kier alpha value is -1.54. The van der Waals surface area contributed by atoms with Crippen molar-refractivity contribution < 1.29 is 22.0 Å². The second-order valence-corrected chi connectivity index (χ2v) is 6.06. The molecule has 112 valence electrons. The first-order valence-electron chi connectivity index (χ1n) is 5.96. The fourth-order valence-electron chi connectivity index (χ4n) is 1.43. The Bertz CT molecular complexity index is 617. The number of benzene rings is 1. The maximum Gasteiger partial charge on any atom is 0.254 e. The first-order valence-corrected chi connectivity index (χ1v) is 7.51. The van der Waals surface area contributed by atoms with E-state index in [1.165, 1.54) is 0 Å². The number of hydrogen-bond donors (Lipinski definition) is 2. The minimum absolute atomic E-state index is 0.181. The molecule has 0 radical (unpaired) electrons. The van der Waals surface area contributed by atoms with Crippen molar-refractivity contribution in [2.45, 2.75) is 25.2 Å². The molecule has 1 atom stereocenters. The molecule has 20 heavy (non-hydrogen) atoms. The zero-order chi connectivity index (χ0) is 15.5. The maximum absolute atomic E-state index is 13.5. The number of sulfonamides is 1. The van der Waals surface area contributed by atoms with Crippen molar-refractivity contribution in [3.63, 3.8) is 0 Å². The summed E-state index contributed by atoms with van der Waals surface area (Å²) < 4.78 is 49.1. The van der Waals surface area contributed by atoms with Crippen molar-refractivity contribution in [1.82, 2.24) is 5.32 Å². The molecule has 0 saturated heterocycles. The molecule has 1 aromatic carbocycles. The van der Waals surface area contributed by atoms with Crippen LogP contribution in [0.4, 0.5) is 8.78 Å². The average Bonchev–Trinajstić information content (AvgIpc) is 2.33. The second kappa shape index (κ2) is 6.27. The summed E-state index contributed by atoms with van der Waals surface area (Å²) in [5, 5.41) is 7.25. The van der Waals surface area contributed by atoms with Crippen molar-refractivity contribution >= 4 is 15.9 Å². The van der Waals surface area contributed by atoms with Crippen LogP contribution in [0.3, 0.4) is 0 Å². The highest BCUT2D eigenvalue weighted by Gasteiger charge is 2.21. The van der Waals surface area contributed by atoms with Gasteiger partial charge in [0.05, 0.1) is 5.56 Å². The molecule has 0 aliphatic heterocycles. The number of halogens is 2. The molecular formula is C12H16F2N2O3S. The molecule has 1 unspecified atom stereocenters. The van der Waals surface area contributed by atoms with E-state index < -0.39 is 38.0 Å². The summed E-state index contributed by atoms with van der Waals surface area (Å²) in [4.78, 5) is 10.9.